The molecule has 3 aromatic heterocycles. The van der Waals surface area contributed by atoms with Crippen molar-refractivity contribution in [1.29, 1.82) is 0 Å². The van der Waals surface area contributed by atoms with Gasteiger partial charge in [0.25, 0.3) is 11.4 Å². The van der Waals surface area contributed by atoms with Gasteiger partial charge in [-0.25, -0.2) is 4.98 Å². The van der Waals surface area contributed by atoms with Crippen LogP contribution in [0.2, 0.25) is 0 Å². The summed E-state index contributed by atoms with van der Waals surface area (Å²) in [6.07, 6.45) is 7.49. The lowest BCUT2D eigenvalue weighted by Gasteiger charge is -2.15. The maximum atomic E-state index is 12.4. The van der Waals surface area contributed by atoms with Gasteiger partial charge in [0, 0.05) is 36.0 Å². The third-order valence-electron chi connectivity index (χ3n) is 6.16. The number of rotatable bonds is 7. The molecule has 1 N–H and O–H groups in total. The van der Waals surface area contributed by atoms with Gasteiger partial charge in [0.2, 0.25) is 5.89 Å². The van der Waals surface area contributed by atoms with Crippen molar-refractivity contribution in [3.63, 3.8) is 0 Å². The van der Waals surface area contributed by atoms with E-state index in [1.807, 2.05) is 32.3 Å². The van der Waals surface area contributed by atoms with Crippen LogP contribution >= 0.6 is 0 Å². The number of pyridine rings is 1. The molecule has 1 unspecified atom stereocenters. The van der Waals surface area contributed by atoms with Gasteiger partial charge in [0.15, 0.2) is 0 Å². The van der Waals surface area contributed by atoms with E-state index in [4.69, 9.17) is 4.42 Å². The van der Waals surface area contributed by atoms with Crippen molar-refractivity contribution >= 4 is 0 Å². The van der Waals surface area contributed by atoms with Crippen molar-refractivity contribution in [2.45, 2.75) is 39.3 Å². The molecule has 8 nitrogen and oxygen atoms in total. The highest BCUT2D eigenvalue weighted by Crippen LogP contribution is 2.39. The number of benzene rings is 1. The zero-order valence-electron chi connectivity index (χ0n) is 18.9. The van der Waals surface area contributed by atoms with Crippen molar-refractivity contribution < 1.29 is 4.42 Å². The lowest BCUT2D eigenvalue weighted by molar-refractivity contribution is 0.472. The molecule has 3 heterocycles. The fraction of sp³-hybridized carbons (Fsp3) is 0.320. The van der Waals surface area contributed by atoms with E-state index in [1.165, 1.54) is 18.4 Å². The molecule has 5 rings (SSSR count). The average Bonchev–Trinajstić information content (AvgIpc) is 3.56. The summed E-state index contributed by atoms with van der Waals surface area (Å²) in [5.74, 6) is 1.32. The maximum Gasteiger partial charge on any atom is 0.268 e. The van der Waals surface area contributed by atoms with Gasteiger partial charge in [-0.2, -0.15) is 0 Å². The average molecular weight is 443 g/mol. The van der Waals surface area contributed by atoms with Crippen LogP contribution < -0.4 is 10.9 Å². The van der Waals surface area contributed by atoms with Crippen LogP contribution in [-0.4, -0.2) is 31.8 Å². The van der Waals surface area contributed by atoms with E-state index in [1.54, 1.807) is 29.1 Å². The number of nitrogens with one attached hydrogen (secondary N) is 1. The van der Waals surface area contributed by atoms with Gasteiger partial charge in [-0.05, 0) is 62.9 Å². The van der Waals surface area contributed by atoms with E-state index < -0.39 is 0 Å². The highest BCUT2D eigenvalue weighted by atomic mass is 16.4. The van der Waals surface area contributed by atoms with Crippen LogP contribution in [0.15, 0.2) is 58.1 Å². The number of aromatic nitrogens is 5. The maximum absolute atomic E-state index is 12.4. The molecular formula is C25H26N6O2. The molecular weight excluding hydrogens is 416 g/mol. The molecule has 0 amide bonds. The first kappa shape index (κ1) is 21.2. The number of hydrogen-bond donors (Lipinski definition) is 1. The van der Waals surface area contributed by atoms with Crippen LogP contribution in [0.3, 0.4) is 0 Å². The Bertz CT molecular complexity index is 1360. The quantitative estimate of drug-likeness (QED) is 0.461. The van der Waals surface area contributed by atoms with Crippen molar-refractivity contribution in [2.75, 3.05) is 7.05 Å². The van der Waals surface area contributed by atoms with Gasteiger partial charge in [-0.1, -0.05) is 12.1 Å². The molecule has 1 aliphatic carbocycles. The van der Waals surface area contributed by atoms with Gasteiger partial charge in [-0.3, -0.25) is 9.78 Å². The van der Waals surface area contributed by atoms with Crippen molar-refractivity contribution in [1.82, 2.24) is 30.0 Å². The minimum Gasteiger partial charge on any atom is -0.415 e. The fourth-order valence-electron chi connectivity index (χ4n) is 4.10. The first-order valence-electron chi connectivity index (χ1n) is 11.2. The predicted molar refractivity (Wildman–Crippen MR) is 125 cm³/mol. The molecule has 0 aliphatic heterocycles. The zero-order valence-corrected chi connectivity index (χ0v) is 18.9. The fourth-order valence-corrected chi connectivity index (χ4v) is 4.10. The molecule has 0 saturated heterocycles. The molecule has 1 atom stereocenters. The summed E-state index contributed by atoms with van der Waals surface area (Å²) in [6.45, 7) is 4.92. The summed E-state index contributed by atoms with van der Waals surface area (Å²) < 4.78 is 7.75. The highest BCUT2D eigenvalue weighted by molar-refractivity contribution is 5.62. The highest BCUT2D eigenvalue weighted by Gasteiger charge is 2.29. The van der Waals surface area contributed by atoms with E-state index in [-0.39, 0.29) is 11.6 Å². The monoisotopic (exact) mass is 442 g/mol. The summed E-state index contributed by atoms with van der Waals surface area (Å²) in [5.41, 5.74) is 5.10. The van der Waals surface area contributed by atoms with Gasteiger partial charge < -0.3 is 14.3 Å². The Morgan fingerprint density at radius 3 is 2.67 bits per heavy atom. The standard InChI is InChI=1S/C25H26N6O2/c1-15-10-17(11-26-3)4-8-20(15)24-29-30-25(33-24)22-13-27-12-21(28-22)19-7-9-23(32)31(14-19)16(2)18-5-6-18/h4,7-10,12-14,16,18,26H,5-6,11H2,1-3H3. The van der Waals surface area contributed by atoms with E-state index in [9.17, 15) is 4.79 Å². The van der Waals surface area contributed by atoms with Crippen LogP contribution in [0.5, 0.6) is 0 Å². The molecule has 168 valence electrons. The van der Waals surface area contributed by atoms with Gasteiger partial charge >= 0.3 is 0 Å². The second kappa shape index (κ2) is 8.71. The number of aryl methyl sites for hydroxylation is 1. The van der Waals surface area contributed by atoms with Gasteiger partial charge in [0.1, 0.15) is 5.69 Å². The molecule has 8 heteroatoms. The largest absolute Gasteiger partial charge is 0.415 e. The van der Waals surface area contributed by atoms with Crippen LogP contribution in [0, 0.1) is 12.8 Å². The Kier molecular flexibility index (Phi) is 5.60. The zero-order chi connectivity index (χ0) is 22.9. The molecule has 1 fully saturated rings. The molecule has 1 saturated carbocycles. The van der Waals surface area contributed by atoms with Crippen molar-refractivity contribution in [3.05, 3.63) is 70.4 Å². The Balaban J connectivity index is 1.45. The summed E-state index contributed by atoms with van der Waals surface area (Å²) >= 11 is 0. The number of hydrogen-bond acceptors (Lipinski definition) is 7. The summed E-state index contributed by atoms with van der Waals surface area (Å²) in [4.78, 5) is 21.4. The lowest BCUT2D eigenvalue weighted by atomic mass is 10.1. The summed E-state index contributed by atoms with van der Waals surface area (Å²) in [5, 5.41) is 11.6. The molecule has 0 bridgehead atoms. The minimum atomic E-state index is -0.0000804. The Morgan fingerprint density at radius 1 is 1.12 bits per heavy atom. The first-order valence-corrected chi connectivity index (χ1v) is 11.2. The van der Waals surface area contributed by atoms with Gasteiger partial charge in [-0.15, -0.1) is 10.2 Å². The third-order valence-corrected chi connectivity index (χ3v) is 6.16. The smallest absolute Gasteiger partial charge is 0.268 e. The Morgan fingerprint density at radius 2 is 1.91 bits per heavy atom. The van der Waals surface area contributed by atoms with E-state index in [0.29, 0.717) is 29.1 Å². The summed E-state index contributed by atoms with van der Waals surface area (Å²) in [6, 6.07) is 9.69. The second-order valence-corrected chi connectivity index (χ2v) is 8.62. The molecule has 0 spiro atoms. The van der Waals surface area contributed by atoms with E-state index in [0.717, 1.165) is 23.2 Å². The third kappa shape index (κ3) is 4.34. The van der Waals surface area contributed by atoms with Crippen molar-refractivity contribution in [3.8, 4) is 34.3 Å². The lowest BCUT2D eigenvalue weighted by Crippen LogP contribution is -2.23. The van der Waals surface area contributed by atoms with Crippen LogP contribution in [-0.2, 0) is 6.54 Å². The van der Waals surface area contributed by atoms with Crippen LogP contribution in [0.1, 0.15) is 36.9 Å². The molecule has 4 aromatic rings. The summed E-state index contributed by atoms with van der Waals surface area (Å²) in [7, 11) is 1.92. The van der Waals surface area contributed by atoms with Crippen LogP contribution in [0.25, 0.3) is 34.3 Å². The van der Waals surface area contributed by atoms with Crippen molar-refractivity contribution in [2.24, 2.45) is 5.92 Å². The number of nitrogens with zero attached hydrogens (tertiary/aromatic N) is 5. The molecule has 1 aromatic carbocycles. The Labute approximate surface area is 191 Å². The van der Waals surface area contributed by atoms with Crippen LogP contribution in [0.4, 0.5) is 0 Å². The Hall–Kier alpha value is -3.65. The van der Waals surface area contributed by atoms with E-state index in [2.05, 4.69) is 38.5 Å². The first-order chi connectivity index (χ1) is 16.0. The SMILES string of the molecule is CNCc1ccc(-c2nnc(-c3cncc(-c4ccc(=O)n(C(C)C5CC5)c4)n3)o2)c(C)c1. The molecule has 33 heavy (non-hydrogen) atoms. The predicted octanol–water partition coefficient (Wildman–Crippen LogP) is 4.02. The topological polar surface area (TPSA) is 98.7 Å². The second-order valence-electron chi connectivity index (χ2n) is 8.62. The minimum absolute atomic E-state index is 0.0000804. The normalized spacial score (nSPS) is 14.4. The van der Waals surface area contributed by atoms with Gasteiger partial charge in [0.05, 0.1) is 18.1 Å². The molecule has 1 aliphatic rings. The van der Waals surface area contributed by atoms with E-state index >= 15 is 0 Å². The molecule has 0 radical (unpaired) electrons.